The fourth-order valence-electron chi connectivity index (χ4n) is 30.1. The first kappa shape index (κ1) is 41.2. The van der Waals surface area contributed by atoms with Crippen LogP contribution < -0.4 is 4.90 Å². The number of likely N-dealkylation sites (tertiary alicyclic amines) is 1. The Bertz CT molecular complexity index is 9200. The Balaban J connectivity index is 0.696. The summed E-state index contributed by atoms with van der Waals surface area (Å²) in [6.07, 6.45) is 0. The lowest BCUT2D eigenvalue weighted by atomic mass is 9.47. The maximum absolute atomic E-state index is 5.17. The van der Waals surface area contributed by atoms with Crippen LogP contribution in [0.15, 0.2) is 121 Å². The van der Waals surface area contributed by atoms with Crippen molar-refractivity contribution in [1.82, 2.24) is 13.6 Å². The van der Waals surface area contributed by atoms with Gasteiger partial charge in [0.15, 0.2) is 0 Å². The Morgan fingerprint density at radius 1 is 0.286 bits per heavy atom. The number of para-hydroxylation sites is 2. The molecule has 1 aliphatic heterocycles. The van der Waals surface area contributed by atoms with E-state index in [-0.39, 0.29) is 11.5 Å². The molecule has 1 fully saturated rings. The molecule has 0 amide bonds. The fraction of sp³-hybridized carbons (Fsp3) is 0.0538. The number of anilines is 3. The molecule has 1 unspecified atom stereocenters. The number of hydrogen-bond donors (Lipinski definition) is 0. The number of benzene rings is 23. The van der Waals surface area contributed by atoms with Gasteiger partial charge in [0.25, 0.3) is 0 Å². The second-order valence-corrected chi connectivity index (χ2v) is 33.6. The second kappa shape index (κ2) is 10.7. The molecule has 1 aromatic heterocycles. The summed E-state index contributed by atoms with van der Waals surface area (Å²) in [5, 5.41) is 89.2. The largest absolute Gasteiger partial charge is 0.311 e. The van der Waals surface area contributed by atoms with E-state index in [2.05, 4.69) is 138 Å². The Hall–Kier alpha value is -11.9. The average molecular weight is 1230 g/mol. The van der Waals surface area contributed by atoms with E-state index in [1.54, 1.807) is 313 Å². The normalized spacial score (nSPS) is 20.4. The molecule has 1 atom stereocenters. The Kier molecular flexibility index (Phi) is 4.50. The van der Waals surface area contributed by atoms with Gasteiger partial charge in [-0.25, -0.2) is 0 Å². The van der Waals surface area contributed by atoms with Gasteiger partial charge in [0, 0.05) is 40.8 Å². The monoisotopic (exact) mass is 1230 g/mol. The number of fused-ring (bicyclic) bond motifs is 1. The minimum Gasteiger partial charge on any atom is -0.311 e. The zero-order valence-electron chi connectivity index (χ0n) is 51.0. The summed E-state index contributed by atoms with van der Waals surface area (Å²) in [7, 11) is 2.58. The van der Waals surface area contributed by atoms with Gasteiger partial charge in [-0.15, -0.1) is 0 Å². The SMILES string of the molecule is CN1CC23c4c5c6c7c8c9c(c%10c%11c2c2c4c4c%12c5c5c6c6c8c8c%13c9c9c%10c%10c%11c%11c2c2c4c4c%12c%12c5c5c6c8c6c8c%13c9c9c%10c%10c%11c2c2c4c4c%12c5c6c5c8c9c%10c2c45)C73C1c1ccc(-c2ccc(-c3ccc(N(c4ccccc4)c4ccccc4)cc3)c3nsnc23)cc1. The molecule has 39 rings (SSSR count). The molecule has 1 saturated heterocycles. The van der Waals surface area contributed by atoms with E-state index in [9.17, 15) is 0 Å². The highest BCUT2D eigenvalue weighted by Crippen LogP contribution is 2.87. The quantitative estimate of drug-likeness (QED) is 0.155. The first-order chi connectivity index (χ1) is 48.7. The first-order valence-electron chi connectivity index (χ1n) is 35.6. The Morgan fingerprint density at radius 2 is 0.531 bits per heavy atom. The summed E-state index contributed by atoms with van der Waals surface area (Å²) in [6, 6.07) is 45.3. The van der Waals surface area contributed by atoms with Crippen LogP contribution in [0.25, 0.3) is 324 Å². The lowest BCUT2D eigenvalue weighted by Gasteiger charge is -2.52. The third kappa shape index (κ3) is 2.76. The number of rotatable bonds is 6. The highest BCUT2D eigenvalue weighted by atomic mass is 32.1. The summed E-state index contributed by atoms with van der Waals surface area (Å²) < 4.78 is 10.3. The summed E-state index contributed by atoms with van der Waals surface area (Å²) in [5.41, 5.74) is 17.5. The molecule has 2 spiro atoms. The van der Waals surface area contributed by atoms with E-state index < -0.39 is 5.41 Å². The van der Waals surface area contributed by atoms with Gasteiger partial charge in [-0.3, -0.25) is 4.90 Å². The van der Waals surface area contributed by atoms with Gasteiger partial charge in [-0.1, -0.05) is 84.9 Å². The van der Waals surface area contributed by atoms with E-state index in [0.29, 0.717) is 0 Å². The van der Waals surface area contributed by atoms with Crippen LogP contribution >= 0.6 is 11.7 Å². The van der Waals surface area contributed by atoms with Crippen LogP contribution in [-0.4, -0.2) is 27.2 Å². The Labute approximate surface area is 547 Å². The fourth-order valence-corrected chi connectivity index (χ4v) is 30.7. The molecule has 424 valence electrons. The van der Waals surface area contributed by atoms with Crippen molar-refractivity contribution >= 4 is 331 Å². The van der Waals surface area contributed by atoms with Crippen LogP contribution in [0.1, 0.15) is 33.9 Å². The maximum Gasteiger partial charge on any atom is 0.113 e. The summed E-state index contributed by atoms with van der Waals surface area (Å²) in [6.45, 7) is 0.985. The second-order valence-electron chi connectivity index (χ2n) is 33.1. The smallest absolute Gasteiger partial charge is 0.113 e. The molecule has 4 aliphatic carbocycles. The lowest BCUT2D eigenvalue weighted by molar-refractivity contribution is 0.271. The zero-order chi connectivity index (χ0) is 60.0. The number of aromatic nitrogens is 2. The molecular formula is C93H26N4S. The predicted octanol–water partition coefficient (Wildman–Crippen LogP) is 24.8. The molecule has 0 saturated carbocycles. The average Bonchev–Trinajstić information content (AvgIpc) is 1.38. The number of hydrogen-bond acceptors (Lipinski definition) is 5. The highest BCUT2D eigenvalue weighted by Gasteiger charge is 2.76. The van der Waals surface area contributed by atoms with Crippen LogP contribution in [-0.2, 0) is 10.8 Å². The number of likely N-dealkylation sites (N-methyl/N-ethyl adjacent to an activating group) is 1. The van der Waals surface area contributed by atoms with E-state index in [4.69, 9.17) is 8.75 Å². The molecular weight excluding hydrogens is 1210 g/mol. The summed E-state index contributed by atoms with van der Waals surface area (Å²) in [5.74, 6) is 0. The van der Waals surface area contributed by atoms with Crippen LogP contribution in [0, 0.1) is 0 Å². The van der Waals surface area contributed by atoms with Crippen molar-refractivity contribution < 1.29 is 0 Å². The molecule has 98 heavy (non-hydrogen) atoms. The van der Waals surface area contributed by atoms with Crippen molar-refractivity contribution in [2.45, 2.75) is 16.9 Å². The van der Waals surface area contributed by atoms with Gasteiger partial charge in [-0.2, -0.15) is 8.75 Å². The topological polar surface area (TPSA) is 32.3 Å². The van der Waals surface area contributed by atoms with E-state index >= 15 is 0 Å². The van der Waals surface area contributed by atoms with Crippen molar-refractivity contribution in [2.75, 3.05) is 18.5 Å². The van der Waals surface area contributed by atoms with Crippen molar-refractivity contribution in [3.05, 3.63) is 149 Å². The van der Waals surface area contributed by atoms with Crippen LogP contribution in [0.4, 0.5) is 17.1 Å². The standard InChI is InChI=1S/C93H26N4S/c1-96-22-92-85-77-69-59-49-41-33-31-32-35-39-37(33)45-53-47(39)57-51-43(35)44-36(32)40-38-34(31)42(41)50-56-46(38)54-48(40)58-52(44)62-61(51)73-67(57)75-65(53)71(63(69)55(45)49)79(85)81(75)87-83(73)84-74(62)68(58)76-66(54)72-64(56)70(60(50)59)78(77)86(92)80(72)82(76)88(84)93(87,92)91(96)25-14-12-23(13-15-25)29-20-21-30(90-89(29)94-98-95-90)24-16-18-28(19-17-24)97(26-8-4-2-5-9-26)27-10-6-3-7-11-27/h2-21,91H,22H2,1H3. The molecule has 0 radical (unpaired) electrons. The minimum absolute atomic E-state index is 0.0540. The first-order valence-corrected chi connectivity index (χ1v) is 36.3. The van der Waals surface area contributed by atoms with Gasteiger partial charge < -0.3 is 4.90 Å². The predicted molar refractivity (Wildman–Crippen MR) is 412 cm³/mol. The Morgan fingerprint density at radius 3 is 0.816 bits per heavy atom. The molecule has 4 nitrogen and oxygen atoms in total. The number of nitrogens with zero attached hydrogens (tertiary/aromatic N) is 4. The molecule has 2 heterocycles. The molecule has 5 aliphatic rings. The van der Waals surface area contributed by atoms with Crippen LogP contribution in [0.5, 0.6) is 0 Å². The van der Waals surface area contributed by atoms with E-state index in [1.807, 2.05) is 0 Å². The van der Waals surface area contributed by atoms with Gasteiger partial charge >= 0.3 is 0 Å². The van der Waals surface area contributed by atoms with Gasteiger partial charge in [0.2, 0.25) is 0 Å². The van der Waals surface area contributed by atoms with Crippen LogP contribution in [0.2, 0.25) is 0 Å². The van der Waals surface area contributed by atoms with Crippen molar-refractivity contribution in [3.63, 3.8) is 0 Å². The van der Waals surface area contributed by atoms with E-state index in [1.165, 1.54) is 22.9 Å². The van der Waals surface area contributed by atoms with E-state index in [0.717, 1.165) is 51.3 Å². The third-order valence-electron chi connectivity index (χ3n) is 31.3. The van der Waals surface area contributed by atoms with Gasteiger partial charge in [0.05, 0.1) is 22.6 Å². The van der Waals surface area contributed by atoms with Crippen molar-refractivity contribution in [2.24, 2.45) is 0 Å². The zero-order valence-corrected chi connectivity index (χ0v) is 51.8. The van der Waals surface area contributed by atoms with Crippen molar-refractivity contribution in [3.8, 4) is 22.3 Å². The van der Waals surface area contributed by atoms with Crippen LogP contribution in [0.3, 0.4) is 0 Å². The third-order valence-corrected chi connectivity index (χ3v) is 31.8. The lowest BCUT2D eigenvalue weighted by Crippen LogP contribution is -2.51. The van der Waals surface area contributed by atoms with Gasteiger partial charge in [0.1, 0.15) is 11.0 Å². The summed E-state index contributed by atoms with van der Waals surface area (Å²) in [4.78, 5) is 5.29. The molecule has 0 N–H and O–H groups in total. The molecule has 33 aromatic carbocycles. The highest BCUT2D eigenvalue weighted by molar-refractivity contribution is 7.00. The minimum atomic E-state index is -0.419. The summed E-state index contributed by atoms with van der Waals surface area (Å²) >= 11 is 1.33. The van der Waals surface area contributed by atoms with Crippen molar-refractivity contribution in [1.29, 1.82) is 0 Å². The molecule has 0 bridgehead atoms. The maximum atomic E-state index is 5.17. The molecule has 5 heteroatoms. The molecule has 34 aromatic rings. The van der Waals surface area contributed by atoms with Gasteiger partial charge in [-0.05, 0) is 373 Å².